The van der Waals surface area contributed by atoms with Gasteiger partial charge in [0.15, 0.2) is 0 Å². The number of carboxylic acid groups (broad SMARTS) is 1. The average molecular weight is 677 g/mol. The van der Waals surface area contributed by atoms with E-state index in [4.69, 9.17) is 9.47 Å². The number of nitrogens with one attached hydrogen (secondary N) is 2. The third kappa shape index (κ3) is 6.80. The molecule has 3 N–H and O–H groups in total. The number of hydrogen-bond acceptors (Lipinski definition) is 5. The molecular formula is C33H29IN2O6. The van der Waals surface area contributed by atoms with Crippen molar-refractivity contribution < 1.29 is 29.0 Å². The summed E-state index contributed by atoms with van der Waals surface area (Å²) in [5.74, 6) is -1.82. The van der Waals surface area contributed by atoms with Crippen LogP contribution in [0.5, 0.6) is 0 Å². The van der Waals surface area contributed by atoms with Crippen LogP contribution in [-0.2, 0) is 20.9 Å². The highest BCUT2D eigenvalue weighted by Crippen LogP contribution is 2.44. The highest BCUT2D eigenvalue weighted by atomic mass is 127. The number of carboxylic acids is 1. The van der Waals surface area contributed by atoms with Crippen molar-refractivity contribution in [3.63, 3.8) is 0 Å². The normalized spacial score (nSPS) is 13.4. The van der Waals surface area contributed by atoms with Crippen LogP contribution in [0.2, 0.25) is 0 Å². The first-order valence-corrected chi connectivity index (χ1v) is 14.5. The number of aromatic carboxylic acids is 1. The van der Waals surface area contributed by atoms with Crippen LogP contribution in [0.25, 0.3) is 11.1 Å². The molecule has 8 nitrogen and oxygen atoms in total. The van der Waals surface area contributed by atoms with E-state index in [1.54, 1.807) is 13.0 Å². The summed E-state index contributed by atoms with van der Waals surface area (Å²) in [7, 11) is 0. The molecule has 42 heavy (non-hydrogen) atoms. The molecule has 0 bridgehead atoms. The Bertz CT molecular complexity index is 1560. The van der Waals surface area contributed by atoms with Crippen molar-refractivity contribution in [2.45, 2.75) is 31.6 Å². The first-order valence-electron chi connectivity index (χ1n) is 13.4. The fourth-order valence-electron chi connectivity index (χ4n) is 5.07. The Morgan fingerprint density at radius 2 is 1.50 bits per heavy atom. The van der Waals surface area contributed by atoms with Crippen molar-refractivity contribution in [2.24, 2.45) is 0 Å². The number of amides is 2. The van der Waals surface area contributed by atoms with E-state index in [0.717, 1.165) is 27.8 Å². The molecule has 0 heterocycles. The fourth-order valence-corrected chi connectivity index (χ4v) is 5.74. The van der Waals surface area contributed by atoms with E-state index < -0.39 is 30.1 Å². The summed E-state index contributed by atoms with van der Waals surface area (Å²) in [6.45, 7) is 2.01. The zero-order valence-electron chi connectivity index (χ0n) is 22.8. The van der Waals surface area contributed by atoms with Gasteiger partial charge in [0.05, 0.1) is 18.3 Å². The molecule has 0 aromatic heterocycles. The number of alkyl carbamates (subject to hydrolysis) is 1. The van der Waals surface area contributed by atoms with E-state index in [1.807, 2.05) is 89.3 Å². The molecule has 1 aliphatic rings. The topological polar surface area (TPSA) is 114 Å². The Labute approximate surface area is 257 Å². The van der Waals surface area contributed by atoms with Crippen LogP contribution in [0.4, 0.5) is 10.5 Å². The lowest BCUT2D eigenvalue weighted by molar-refractivity contribution is -0.121. The van der Waals surface area contributed by atoms with Gasteiger partial charge in [0, 0.05) is 15.2 Å². The van der Waals surface area contributed by atoms with E-state index in [2.05, 4.69) is 22.8 Å². The van der Waals surface area contributed by atoms with E-state index in [-0.39, 0.29) is 24.7 Å². The molecule has 0 saturated carbocycles. The molecule has 4 aromatic rings. The molecule has 4 aromatic carbocycles. The lowest BCUT2D eigenvalue weighted by Gasteiger charge is -2.25. The molecule has 2 atom stereocenters. The molecular weight excluding hydrogens is 647 g/mol. The molecule has 5 rings (SSSR count). The summed E-state index contributed by atoms with van der Waals surface area (Å²) in [5.41, 5.74) is 5.61. The number of hydrogen-bond donors (Lipinski definition) is 3. The summed E-state index contributed by atoms with van der Waals surface area (Å²) in [6.07, 6.45) is -1.51. The first-order chi connectivity index (χ1) is 20.3. The van der Waals surface area contributed by atoms with Crippen LogP contribution in [0.1, 0.15) is 39.9 Å². The molecule has 0 spiro atoms. The molecule has 1 aliphatic carbocycles. The van der Waals surface area contributed by atoms with Gasteiger partial charge >= 0.3 is 12.1 Å². The maximum absolute atomic E-state index is 13.5. The highest BCUT2D eigenvalue weighted by molar-refractivity contribution is 14.1. The van der Waals surface area contributed by atoms with Gasteiger partial charge in [-0.05, 0) is 75.5 Å². The van der Waals surface area contributed by atoms with Gasteiger partial charge in [-0.15, -0.1) is 0 Å². The largest absolute Gasteiger partial charge is 0.478 e. The van der Waals surface area contributed by atoms with E-state index in [9.17, 15) is 19.5 Å². The first kappa shape index (κ1) is 29.3. The zero-order chi connectivity index (χ0) is 29.6. The van der Waals surface area contributed by atoms with E-state index in [1.165, 1.54) is 12.1 Å². The summed E-state index contributed by atoms with van der Waals surface area (Å²) in [5, 5.41) is 14.8. The second-order valence-electron chi connectivity index (χ2n) is 9.97. The van der Waals surface area contributed by atoms with Crippen molar-refractivity contribution in [3.05, 3.63) is 123 Å². The fraction of sp³-hybridized carbons (Fsp3) is 0.182. The summed E-state index contributed by atoms with van der Waals surface area (Å²) < 4.78 is 12.3. The SMILES string of the molecule is CC(OCc1ccccc1)C(NC(=O)OCC1c2ccccc2-c2ccccc21)C(=O)Nc1cc(I)cc(C(=O)O)c1. The minimum atomic E-state index is -1.13. The van der Waals surface area contributed by atoms with E-state index in [0.29, 0.717) is 9.26 Å². The molecule has 2 unspecified atom stereocenters. The number of carbonyl (C=O) groups is 3. The van der Waals surface area contributed by atoms with Gasteiger partial charge in [0.2, 0.25) is 5.91 Å². The maximum Gasteiger partial charge on any atom is 0.407 e. The predicted octanol–water partition coefficient (Wildman–Crippen LogP) is 6.44. The molecule has 0 fully saturated rings. The van der Waals surface area contributed by atoms with Crippen LogP contribution < -0.4 is 10.6 Å². The quantitative estimate of drug-likeness (QED) is 0.167. The molecule has 0 saturated heterocycles. The predicted molar refractivity (Wildman–Crippen MR) is 167 cm³/mol. The van der Waals surface area contributed by atoms with Crippen molar-refractivity contribution in [3.8, 4) is 11.1 Å². The van der Waals surface area contributed by atoms with Crippen LogP contribution in [0.15, 0.2) is 97.1 Å². The smallest absolute Gasteiger partial charge is 0.407 e. The number of fused-ring (bicyclic) bond motifs is 3. The van der Waals surface area contributed by atoms with E-state index >= 15 is 0 Å². The number of ether oxygens (including phenoxy) is 2. The Kier molecular flexibility index (Phi) is 9.19. The number of halogens is 1. The van der Waals surface area contributed by atoms with Gasteiger partial charge < -0.3 is 25.2 Å². The Morgan fingerprint density at radius 1 is 0.881 bits per heavy atom. The second-order valence-corrected chi connectivity index (χ2v) is 11.2. The van der Waals surface area contributed by atoms with Crippen LogP contribution in [-0.4, -0.2) is 41.8 Å². The minimum Gasteiger partial charge on any atom is -0.478 e. The Balaban J connectivity index is 1.31. The number of anilines is 1. The second kappa shape index (κ2) is 13.2. The van der Waals surface area contributed by atoms with Crippen LogP contribution in [0, 0.1) is 3.57 Å². The number of benzene rings is 4. The van der Waals surface area contributed by atoms with Crippen molar-refractivity contribution in [2.75, 3.05) is 11.9 Å². The molecule has 2 amide bonds. The molecule has 0 aliphatic heterocycles. The summed E-state index contributed by atoms with van der Waals surface area (Å²) >= 11 is 1.98. The van der Waals surface area contributed by atoms with Crippen LogP contribution in [0.3, 0.4) is 0 Å². The lowest BCUT2D eigenvalue weighted by Crippen LogP contribution is -2.51. The summed E-state index contributed by atoms with van der Waals surface area (Å²) in [4.78, 5) is 38.1. The highest BCUT2D eigenvalue weighted by Gasteiger charge is 2.32. The average Bonchev–Trinajstić information content (AvgIpc) is 3.31. The zero-order valence-corrected chi connectivity index (χ0v) is 24.9. The number of carbonyl (C=O) groups excluding carboxylic acids is 2. The molecule has 0 radical (unpaired) electrons. The maximum atomic E-state index is 13.5. The standard InChI is InChI=1S/C33H29IN2O6/c1-20(41-18-21-9-3-2-4-10-21)30(31(37)35-24-16-22(32(38)39)15-23(34)17-24)36-33(40)42-19-29-27-13-7-5-11-25(27)26-12-6-8-14-28(26)29/h2-17,20,29-30H,18-19H2,1H3,(H,35,37)(H,36,40)(H,38,39). The van der Waals surface area contributed by atoms with Gasteiger partial charge in [0.1, 0.15) is 12.6 Å². The van der Waals surface area contributed by atoms with Crippen LogP contribution >= 0.6 is 22.6 Å². The third-order valence-corrected chi connectivity index (χ3v) is 7.76. The van der Waals surface area contributed by atoms with Gasteiger partial charge in [0.25, 0.3) is 0 Å². The summed E-state index contributed by atoms with van der Waals surface area (Å²) in [6, 6.07) is 28.9. The Hall–Kier alpha value is -4.22. The Morgan fingerprint density at radius 3 is 2.14 bits per heavy atom. The van der Waals surface area contributed by atoms with Crippen molar-refractivity contribution in [1.82, 2.24) is 5.32 Å². The molecule has 9 heteroatoms. The number of rotatable bonds is 10. The minimum absolute atomic E-state index is 0.0339. The third-order valence-electron chi connectivity index (χ3n) is 7.14. The van der Waals surface area contributed by atoms with Crippen molar-refractivity contribution in [1.29, 1.82) is 0 Å². The monoisotopic (exact) mass is 676 g/mol. The van der Waals surface area contributed by atoms with Gasteiger partial charge in [-0.25, -0.2) is 9.59 Å². The lowest BCUT2D eigenvalue weighted by atomic mass is 9.98. The van der Waals surface area contributed by atoms with Gasteiger partial charge in [-0.2, -0.15) is 0 Å². The van der Waals surface area contributed by atoms with Gasteiger partial charge in [-0.3, -0.25) is 4.79 Å². The molecule has 214 valence electrons. The van der Waals surface area contributed by atoms with Gasteiger partial charge in [-0.1, -0.05) is 78.9 Å². The van der Waals surface area contributed by atoms with Crippen molar-refractivity contribution >= 4 is 46.2 Å².